The summed E-state index contributed by atoms with van der Waals surface area (Å²) in [7, 11) is -3.71. The van der Waals surface area contributed by atoms with E-state index < -0.39 is 15.9 Å². The summed E-state index contributed by atoms with van der Waals surface area (Å²) >= 11 is 0. The maximum absolute atomic E-state index is 12.8. The highest BCUT2D eigenvalue weighted by atomic mass is 32.2. The van der Waals surface area contributed by atoms with Crippen molar-refractivity contribution in [1.82, 2.24) is 9.62 Å². The summed E-state index contributed by atoms with van der Waals surface area (Å²) in [6, 6.07) is 17.6. The lowest BCUT2D eigenvalue weighted by Crippen LogP contribution is -2.31. The standard InChI is InChI=1S/C25H27N3O5S/c1-17(19-9-8-18-6-2-3-7-20(18)14-19)27-24(29)16-33-23-11-10-21(15-22(23)25(26)30)34(31,32)28-12-4-5-13-28/h2-3,6-11,14-15,17H,4-5,12-13,16H2,1H3,(H2,26,30)(H,27,29)/t17-/m0/s1. The summed E-state index contributed by atoms with van der Waals surface area (Å²) in [5.41, 5.74) is 6.32. The van der Waals surface area contributed by atoms with Crippen molar-refractivity contribution in [3.63, 3.8) is 0 Å². The minimum atomic E-state index is -3.71. The van der Waals surface area contributed by atoms with E-state index in [1.54, 1.807) is 0 Å². The van der Waals surface area contributed by atoms with E-state index in [1.165, 1.54) is 22.5 Å². The van der Waals surface area contributed by atoms with Gasteiger partial charge in [-0.3, -0.25) is 9.59 Å². The van der Waals surface area contributed by atoms with Crippen molar-refractivity contribution in [2.75, 3.05) is 19.7 Å². The average Bonchev–Trinajstić information content (AvgIpc) is 3.38. The van der Waals surface area contributed by atoms with Crippen LogP contribution in [-0.2, 0) is 14.8 Å². The molecule has 3 aromatic carbocycles. The molecule has 9 heteroatoms. The zero-order valence-corrected chi connectivity index (χ0v) is 19.7. The number of nitrogens with two attached hydrogens (primary N) is 1. The van der Waals surface area contributed by atoms with Gasteiger partial charge in [0.15, 0.2) is 6.61 Å². The number of nitrogens with zero attached hydrogens (tertiary/aromatic N) is 1. The molecule has 3 N–H and O–H groups in total. The highest BCUT2D eigenvalue weighted by molar-refractivity contribution is 7.89. The van der Waals surface area contributed by atoms with Gasteiger partial charge in [0.1, 0.15) is 5.75 Å². The molecular weight excluding hydrogens is 454 g/mol. The number of primary amides is 1. The summed E-state index contributed by atoms with van der Waals surface area (Å²) in [6.45, 7) is 2.41. The molecular formula is C25H27N3O5S. The van der Waals surface area contributed by atoms with Gasteiger partial charge in [0.25, 0.3) is 11.8 Å². The molecule has 4 rings (SSSR count). The second-order valence-electron chi connectivity index (χ2n) is 8.32. The molecule has 1 aliphatic heterocycles. The molecule has 0 saturated carbocycles. The van der Waals surface area contributed by atoms with E-state index in [9.17, 15) is 18.0 Å². The smallest absolute Gasteiger partial charge is 0.258 e. The first-order chi connectivity index (χ1) is 16.3. The molecule has 178 valence electrons. The molecule has 2 amide bonds. The zero-order valence-electron chi connectivity index (χ0n) is 18.9. The molecule has 0 bridgehead atoms. The van der Waals surface area contributed by atoms with Gasteiger partial charge in [-0.25, -0.2) is 8.42 Å². The maximum atomic E-state index is 12.8. The Balaban J connectivity index is 1.43. The zero-order chi connectivity index (χ0) is 24.3. The van der Waals surface area contributed by atoms with Gasteiger partial charge in [0.05, 0.1) is 16.5 Å². The van der Waals surface area contributed by atoms with Crippen molar-refractivity contribution in [3.8, 4) is 5.75 Å². The molecule has 0 spiro atoms. The highest BCUT2D eigenvalue weighted by Gasteiger charge is 2.28. The lowest BCUT2D eigenvalue weighted by molar-refractivity contribution is -0.123. The molecule has 0 aromatic heterocycles. The van der Waals surface area contributed by atoms with Gasteiger partial charge in [-0.2, -0.15) is 4.31 Å². The van der Waals surface area contributed by atoms with E-state index >= 15 is 0 Å². The minimum absolute atomic E-state index is 0.0232. The second-order valence-corrected chi connectivity index (χ2v) is 10.3. The van der Waals surface area contributed by atoms with Crippen LogP contribution in [0.5, 0.6) is 5.75 Å². The van der Waals surface area contributed by atoms with Crippen LogP contribution in [0.25, 0.3) is 10.8 Å². The minimum Gasteiger partial charge on any atom is -0.483 e. The molecule has 1 atom stereocenters. The van der Waals surface area contributed by atoms with Crippen LogP contribution < -0.4 is 15.8 Å². The Bertz CT molecular complexity index is 1330. The summed E-state index contributed by atoms with van der Waals surface area (Å²) in [5.74, 6) is -1.16. The predicted octanol–water partition coefficient (Wildman–Crippen LogP) is 2.98. The second kappa shape index (κ2) is 9.82. The van der Waals surface area contributed by atoms with Gasteiger partial charge in [-0.05, 0) is 60.4 Å². The normalized spacial score (nSPS) is 15.2. The van der Waals surface area contributed by atoms with Gasteiger partial charge in [0, 0.05) is 13.1 Å². The van der Waals surface area contributed by atoms with Crippen molar-refractivity contribution in [3.05, 3.63) is 71.8 Å². The molecule has 1 saturated heterocycles. The van der Waals surface area contributed by atoms with E-state index in [-0.39, 0.29) is 34.8 Å². The van der Waals surface area contributed by atoms with Crippen LogP contribution in [0.3, 0.4) is 0 Å². The topological polar surface area (TPSA) is 119 Å². The number of amides is 2. The Hall–Kier alpha value is -3.43. The van der Waals surface area contributed by atoms with E-state index in [1.807, 2.05) is 49.4 Å². The van der Waals surface area contributed by atoms with Crippen molar-refractivity contribution in [2.24, 2.45) is 5.73 Å². The number of rotatable bonds is 8. The Morgan fingerprint density at radius 2 is 1.74 bits per heavy atom. The van der Waals surface area contributed by atoms with Gasteiger partial charge in [-0.1, -0.05) is 36.4 Å². The number of benzene rings is 3. The number of sulfonamides is 1. The fourth-order valence-corrected chi connectivity index (χ4v) is 5.60. The van der Waals surface area contributed by atoms with E-state index in [0.717, 1.165) is 29.2 Å². The van der Waals surface area contributed by atoms with Crippen LogP contribution >= 0.6 is 0 Å². The third kappa shape index (κ3) is 5.05. The number of hydrogen-bond donors (Lipinski definition) is 2. The van der Waals surface area contributed by atoms with Gasteiger partial charge >= 0.3 is 0 Å². The Kier molecular flexibility index (Phi) is 6.85. The van der Waals surface area contributed by atoms with Crippen molar-refractivity contribution < 1.29 is 22.7 Å². The van der Waals surface area contributed by atoms with E-state index in [2.05, 4.69) is 5.32 Å². The first-order valence-electron chi connectivity index (χ1n) is 11.1. The fourth-order valence-electron chi connectivity index (χ4n) is 4.05. The quantitative estimate of drug-likeness (QED) is 0.513. The predicted molar refractivity (Wildman–Crippen MR) is 129 cm³/mol. The van der Waals surface area contributed by atoms with Crippen LogP contribution in [0, 0.1) is 0 Å². The number of hydrogen-bond acceptors (Lipinski definition) is 5. The van der Waals surface area contributed by atoms with Gasteiger partial charge in [0.2, 0.25) is 10.0 Å². The van der Waals surface area contributed by atoms with Gasteiger partial charge in [-0.15, -0.1) is 0 Å². The first-order valence-corrected chi connectivity index (χ1v) is 12.5. The van der Waals surface area contributed by atoms with Crippen LogP contribution in [-0.4, -0.2) is 44.2 Å². The summed E-state index contributed by atoms with van der Waals surface area (Å²) in [5, 5.41) is 5.06. The van der Waals surface area contributed by atoms with Crippen molar-refractivity contribution in [2.45, 2.75) is 30.7 Å². The van der Waals surface area contributed by atoms with E-state index in [4.69, 9.17) is 10.5 Å². The van der Waals surface area contributed by atoms with Crippen LogP contribution in [0.15, 0.2) is 65.6 Å². The molecule has 1 fully saturated rings. The van der Waals surface area contributed by atoms with E-state index in [0.29, 0.717) is 13.1 Å². The number of ether oxygens (including phenoxy) is 1. The third-order valence-corrected chi connectivity index (χ3v) is 7.82. The van der Waals surface area contributed by atoms with Crippen LogP contribution in [0.2, 0.25) is 0 Å². The lowest BCUT2D eigenvalue weighted by atomic mass is 10.0. The highest BCUT2D eigenvalue weighted by Crippen LogP contribution is 2.27. The van der Waals surface area contributed by atoms with Crippen molar-refractivity contribution >= 4 is 32.6 Å². The van der Waals surface area contributed by atoms with Crippen LogP contribution in [0.4, 0.5) is 0 Å². The summed E-state index contributed by atoms with van der Waals surface area (Å²) in [4.78, 5) is 24.4. The Morgan fingerprint density at radius 3 is 2.44 bits per heavy atom. The number of carbonyl (C=O) groups is 2. The fraction of sp³-hybridized carbons (Fsp3) is 0.280. The lowest BCUT2D eigenvalue weighted by Gasteiger charge is -2.18. The summed E-state index contributed by atoms with van der Waals surface area (Å²) < 4.78 is 32.5. The van der Waals surface area contributed by atoms with Gasteiger partial charge < -0.3 is 15.8 Å². The Labute approximate surface area is 198 Å². The molecule has 0 unspecified atom stereocenters. The summed E-state index contributed by atoms with van der Waals surface area (Å²) in [6.07, 6.45) is 1.60. The van der Waals surface area contributed by atoms with Crippen LogP contribution in [0.1, 0.15) is 41.7 Å². The molecule has 1 heterocycles. The average molecular weight is 482 g/mol. The van der Waals surface area contributed by atoms with Crippen molar-refractivity contribution in [1.29, 1.82) is 0 Å². The molecule has 34 heavy (non-hydrogen) atoms. The Morgan fingerprint density at radius 1 is 1.03 bits per heavy atom. The molecule has 0 radical (unpaired) electrons. The molecule has 8 nitrogen and oxygen atoms in total. The SMILES string of the molecule is C[C@H](NC(=O)COc1ccc(S(=O)(=O)N2CCCC2)cc1C(N)=O)c1ccc2ccccc2c1. The molecule has 3 aromatic rings. The number of carbonyl (C=O) groups excluding carboxylic acids is 2. The molecule has 0 aliphatic carbocycles. The molecule has 1 aliphatic rings. The third-order valence-electron chi connectivity index (χ3n) is 5.93. The number of fused-ring (bicyclic) bond motifs is 1. The largest absolute Gasteiger partial charge is 0.483 e. The maximum Gasteiger partial charge on any atom is 0.258 e. The number of nitrogens with one attached hydrogen (secondary N) is 1. The first kappa shape index (κ1) is 23.7. The monoisotopic (exact) mass is 481 g/mol.